The predicted octanol–water partition coefficient (Wildman–Crippen LogP) is 21.2. The highest BCUT2D eigenvalue weighted by atomic mass is 16.5. The molecule has 0 aromatic carbocycles. The maximum absolute atomic E-state index is 12.5. The molecular weight excluding hydrogens is 899 g/mol. The zero-order valence-corrected chi connectivity index (χ0v) is 49.6. The van der Waals surface area contributed by atoms with Gasteiger partial charge in [-0.1, -0.05) is 347 Å². The molecule has 2 unspecified atom stereocenters. The molecule has 0 spiro atoms. The summed E-state index contributed by atoms with van der Waals surface area (Å²) in [5.74, 6) is -0.0449. The van der Waals surface area contributed by atoms with Crippen molar-refractivity contribution in [1.29, 1.82) is 0 Å². The third-order valence-corrected chi connectivity index (χ3v) is 15.8. The molecule has 1 amide bonds. The van der Waals surface area contributed by atoms with Gasteiger partial charge in [0.05, 0.1) is 25.4 Å². The van der Waals surface area contributed by atoms with E-state index in [0.717, 1.165) is 38.5 Å². The molecule has 0 aliphatic carbocycles. The Morgan fingerprint density at radius 2 is 0.630 bits per heavy atom. The van der Waals surface area contributed by atoms with Gasteiger partial charge in [0.15, 0.2) is 0 Å². The summed E-state index contributed by atoms with van der Waals surface area (Å²) in [6.07, 6.45) is 77.0. The van der Waals surface area contributed by atoms with E-state index in [-0.39, 0.29) is 18.5 Å². The number of hydrogen-bond acceptors (Lipinski definition) is 5. The number of esters is 1. The Bertz CT molecular complexity index is 1100. The maximum atomic E-state index is 12.5. The van der Waals surface area contributed by atoms with Crippen molar-refractivity contribution in [1.82, 2.24) is 5.32 Å². The highest BCUT2D eigenvalue weighted by Gasteiger charge is 2.18. The summed E-state index contributed by atoms with van der Waals surface area (Å²) >= 11 is 0. The van der Waals surface area contributed by atoms with Crippen molar-refractivity contribution in [2.75, 3.05) is 13.2 Å². The van der Waals surface area contributed by atoms with Gasteiger partial charge in [-0.05, 0) is 32.1 Å². The monoisotopic (exact) mass is 1030 g/mol. The van der Waals surface area contributed by atoms with E-state index in [9.17, 15) is 19.8 Å². The number of unbranched alkanes of at least 4 members (excludes halogenated alkanes) is 52. The van der Waals surface area contributed by atoms with Gasteiger partial charge < -0.3 is 20.3 Å². The number of carbonyl (C=O) groups is 2. The molecule has 0 fully saturated rings. The number of amides is 1. The lowest BCUT2D eigenvalue weighted by atomic mass is 10.0. The molecular formula is C67H131NO5. The topological polar surface area (TPSA) is 95.9 Å². The molecule has 2 atom stereocenters. The summed E-state index contributed by atoms with van der Waals surface area (Å²) in [5.41, 5.74) is 0. The number of nitrogens with one attached hydrogen (secondary N) is 1. The van der Waals surface area contributed by atoms with Crippen LogP contribution >= 0.6 is 0 Å². The van der Waals surface area contributed by atoms with Crippen molar-refractivity contribution < 1.29 is 24.5 Å². The maximum Gasteiger partial charge on any atom is 0.305 e. The summed E-state index contributed by atoms with van der Waals surface area (Å²) in [7, 11) is 0. The van der Waals surface area contributed by atoms with Crippen LogP contribution in [0.5, 0.6) is 0 Å². The Hall–Kier alpha value is -1.40. The van der Waals surface area contributed by atoms with Crippen molar-refractivity contribution >= 4 is 11.9 Å². The van der Waals surface area contributed by atoms with Crippen LogP contribution in [0.3, 0.4) is 0 Å². The number of ether oxygens (including phenoxy) is 1. The normalized spacial score (nSPS) is 12.5. The number of rotatable bonds is 63. The molecule has 73 heavy (non-hydrogen) atoms. The van der Waals surface area contributed by atoms with Gasteiger partial charge in [-0.25, -0.2) is 0 Å². The largest absolute Gasteiger partial charge is 0.466 e. The lowest BCUT2D eigenvalue weighted by Crippen LogP contribution is -2.45. The first-order valence-electron chi connectivity index (χ1n) is 33.5. The Kier molecular flexibility index (Phi) is 61.9. The first-order chi connectivity index (χ1) is 36.0. The van der Waals surface area contributed by atoms with Gasteiger partial charge in [-0.2, -0.15) is 0 Å². The number of allylic oxidation sites excluding steroid dienone is 1. The molecule has 0 heterocycles. The van der Waals surface area contributed by atoms with Gasteiger partial charge in [0.2, 0.25) is 5.91 Å². The van der Waals surface area contributed by atoms with E-state index in [4.69, 9.17) is 4.74 Å². The average molecular weight is 1030 g/mol. The summed E-state index contributed by atoms with van der Waals surface area (Å²) in [5, 5.41) is 23.2. The molecule has 0 aliphatic heterocycles. The summed E-state index contributed by atoms with van der Waals surface area (Å²) < 4.78 is 5.48. The summed E-state index contributed by atoms with van der Waals surface area (Å²) in [6.45, 7) is 4.94. The van der Waals surface area contributed by atoms with Crippen LogP contribution in [-0.2, 0) is 14.3 Å². The Morgan fingerprint density at radius 3 is 0.932 bits per heavy atom. The van der Waals surface area contributed by atoms with E-state index < -0.39 is 12.1 Å². The van der Waals surface area contributed by atoms with Crippen molar-refractivity contribution in [3.63, 3.8) is 0 Å². The first kappa shape index (κ1) is 71.6. The van der Waals surface area contributed by atoms with Crippen LogP contribution < -0.4 is 5.32 Å². The Balaban J connectivity index is 3.38. The van der Waals surface area contributed by atoms with Crippen molar-refractivity contribution in [2.45, 2.75) is 392 Å². The molecule has 0 aromatic rings. The van der Waals surface area contributed by atoms with Crippen molar-refractivity contribution in [3.05, 3.63) is 12.2 Å². The van der Waals surface area contributed by atoms with Crippen LogP contribution in [0.15, 0.2) is 12.2 Å². The molecule has 0 saturated carbocycles. The van der Waals surface area contributed by atoms with Gasteiger partial charge in [-0.3, -0.25) is 9.59 Å². The van der Waals surface area contributed by atoms with Crippen LogP contribution in [-0.4, -0.2) is 47.4 Å². The lowest BCUT2D eigenvalue weighted by Gasteiger charge is -2.20. The molecule has 0 aliphatic rings. The molecule has 6 nitrogen and oxygen atoms in total. The second kappa shape index (κ2) is 63.1. The first-order valence-corrected chi connectivity index (χ1v) is 33.5. The fraction of sp³-hybridized carbons (Fsp3) is 0.940. The molecule has 0 bridgehead atoms. The molecule has 3 N–H and O–H groups in total. The molecule has 0 radical (unpaired) electrons. The van der Waals surface area contributed by atoms with Gasteiger partial charge in [-0.15, -0.1) is 0 Å². The smallest absolute Gasteiger partial charge is 0.305 e. The highest BCUT2D eigenvalue weighted by Crippen LogP contribution is 2.19. The number of aliphatic hydroxyl groups is 2. The van der Waals surface area contributed by atoms with Crippen LogP contribution in [0, 0.1) is 0 Å². The van der Waals surface area contributed by atoms with Crippen LogP contribution in [0.25, 0.3) is 0 Å². The zero-order chi connectivity index (χ0) is 52.9. The average Bonchev–Trinajstić information content (AvgIpc) is 3.39. The van der Waals surface area contributed by atoms with E-state index in [1.165, 1.54) is 315 Å². The Labute approximate surface area is 457 Å². The van der Waals surface area contributed by atoms with E-state index in [1.807, 2.05) is 6.08 Å². The minimum atomic E-state index is -0.843. The fourth-order valence-corrected chi connectivity index (χ4v) is 10.7. The van der Waals surface area contributed by atoms with Crippen LogP contribution in [0.1, 0.15) is 380 Å². The third-order valence-electron chi connectivity index (χ3n) is 15.8. The third kappa shape index (κ3) is 59.7. The molecule has 6 heteroatoms. The van der Waals surface area contributed by atoms with Crippen molar-refractivity contribution in [3.8, 4) is 0 Å². The second-order valence-electron chi connectivity index (χ2n) is 23.2. The fourth-order valence-electron chi connectivity index (χ4n) is 10.7. The highest BCUT2D eigenvalue weighted by molar-refractivity contribution is 5.76. The number of carbonyl (C=O) groups excluding carboxylic acids is 2. The number of hydrogen-bond donors (Lipinski definition) is 3. The van der Waals surface area contributed by atoms with E-state index in [1.54, 1.807) is 6.08 Å². The molecule has 0 aromatic heterocycles. The lowest BCUT2D eigenvalue weighted by molar-refractivity contribution is -0.143. The van der Waals surface area contributed by atoms with Gasteiger partial charge in [0.1, 0.15) is 0 Å². The summed E-state index contributed by atoms with van der Waals surface area (Å²) in [4.78, 5) is 24.5. The van der Waals surface area contributed by atoms with Gasteiger partial charge in [0, 0.05) is 12.8 Å². The summed E-state index contributed by atoms with van der Waals surface area (Å²) in [6, 6.07) is -0.626. The molecule has 0 rings (SSSR count). The second-order valence-corrected chi connectivity index (χ2v) is 23.2. The quantitative estimate of drug-likeness (QED) is 0.0320. The zero-order valence-electron chi connectivity index (χ0n) is 49.6. The van der Waals surface area contributed by atoms with Crippen LogP contribution in [0.4, 0.5) is 0 Å². The van der Waals surface area contributed by atoms with Gasteiger partial charge >= 0.3 is 5.97 Å². The predicted molar refractivity (Wildman–Crippen MR) is 320 cm³/mol. The van der Waals surface area contributed by atoms with Crippen LogP contribution in [0.2, 0.25) is 0 Å². The number of aliphatic hydroxyl groups excluding tert-OH is 2. The van der Waals surface area contributed by atoms with E-state index >= 15 is 0 Å². The standard InChI is InChI=1S/C67H131NO5/c1-3-5-7-9-11-13-15-17-18-19-27-30-33-36-39-43-47-51-55-59-65(70)64(63-69)68-66(71)60-56-52-48-44-40-37-34-31-28-25-23-21-20-22-24-26-29-32-35-38-42-46-50-54-58-62-73-67(72)61-57-53-49-45-41-16-14-12-10-8-6-4-2/h55,59,64-65,69-70H,3-54,56-58,60-63H2,1-2H3,(H,68,71)/b59-55+. The molecule has 434 valence electrons. The van der Waals surface area contributed by atoms with Crippen molar-refractivity contribution in [2.24, 2.45) is 0 Å². The van der Waals surface area contributed by atoms with E-state index in [0.29, 0.717) is 19.4 Å². The molecule has 0 saturated heterocycles. The minimum Gasteiger partial charge on any atom is -0.466 e. The SMILES string of the molecule is CCCCCCCCCCCCCCCCCCC/C=C/C(O)C(CO)NC(=O)CCCCCCCCCCCCCCCCCCCCCCCCCCCOC(=O)CCCCCCCCCCCCCC. The Morgan fingerprint density at radius 1 is 0.370 bits per heavy atom. The van der Waals surface area contributed by atoms with Gasteiger partial charge in [0.25, 0.3) is 0 Å². The minimum absolute atomic E-state index is 0.0175. The van der Waals surface area contributed by atoms with E-state index in [2.05, 4.69) is 19.2 Å².